The van der Waals surface area contributed by atoms with Crippen LogP contribution < -0.4 is 0 Å². The summed E-state index contributed by atoms with van der Waals surface area (Å²) >= 11 is 0. The Bertz CT molecular complexity index is 417. The SMILES string of the molecule is CCCCCCCCCCCCCCCCCCCCCCCCCCCC(C#N)C#N. The second-order valence-electron chi connectivity index (χ2n) is 10.1. The summed E-state index contributed by atoms with van der Waals surface area (Å²) < 4.78 is 0. The Morgan fingerprint density at radius 3 is 0.812 bits per heavy atom. The summed E-state index contributed by atoms with van der Waals surface area (Å²) in [6, 6.07) is 4.12. The summed E-state index contributed by atoms with van der Waals surface area (Å²) in [4.78, 5) is 0. The topological polar surface area (TPSA) is 47.6 Å². The van der Waals surface area contributed by atoms with Crippen LogP contribution in [0.2, 0.25) is 0 Å². The highest BCUT2D eigenvalue weighted by Gasteiger charge is 2.03. The molecule has 2 nitrogen and oxygen atoms in total. The number of unbranched alkanes of at least 4 members (excludes halogenated alkanes) is 24. The molecule has 186 valence electrons. The first-order chi connectivity index (χ1) is 15.8. The summed E-state index contributed by atoms with van der Waals surface area (Å²) in [5, 5.41) is 17.5. The number of nitriles is 2. The number of rotatable bonds is 26. The van der Waals surface area contributed by atoms with Crippen LogP contribution in [0, 0.1) is 28.6 Å². The van der Waals surface area contributed by atoms with E-state index in [0.29, 0.717) is 0 Å². The zero-order valence-electron chi connectivity index (χ0n) is 21.9. The Labute approximate surface area is 202 Å². The van der Waals surface area contributed by atoms with Gasteiger partial charge in [-0.1, -0.05) is 167 Å². The van der Waals surface area contributed by atoms with Crippen LogP contribution in [-0.4, -0.2) is 0 Å². The van der Waals surface area contributed by atoms with Crippen molar-refractivity contribution >= 4 is 0 Å². The minimum absolute atomic E-state index is 0.389. The highest BCUT2D eigenvalue weighted by molar-refractivity contribution is 4.98. The van der Waals surface area contributed by atoms with Crippen LogP contribution in [0.4, 0.5) is 0 Å². The minimum Gasteiger partial charge on any atom is -0.197 e. The molecule has 2 heteroatoms. The van der Waals surface area contributed by atoms with Gasteiger partial charge in [-0.3, -0.25) is 0 Å². The van der Waals surface area contributed by atoms with Crippen LogP contribution in [0.3, 0.4) is 0 Å². The molecule has 0 aromatic heterocycles. The predicted molar refractivity (Wildman–Crippen MR) is 140 cm³/mol. The average Bonchev–Trinajstić information content (AvgIpc) is 2.81. The molecule has 0 fully saturated rings. The lowest BCUT2D eigenvalue weighted by atomic mass is 10.0. The maximum atomic E-state index is 8.74. The predicted octanol–water partition coefficient (Wildman–Crippen LogP) is 10.8. The van der Waals surface area contributed by atoms with Crippen LogP contribution in [-0.2, 0) is 0 Å². The Balaban J connectivity index is 3.05. The van der Waals surface area contributed by atoms with Gasteiger partial charge >= 0.3 is 0 Å². The molecule has 0 aromatic carbocycles. The van der Waals surface area contributed by atoms with Crippen molar-refractivity contribution in [1.29, 1.82) is 10.5 Å². The zero-order valence-corrected chi connectivity index (χ0v) is 21.9. The fraction of sp³-hybridized carbons (Fsp3) is 0.933. The van der Waals surface area contributed by atoms with Crippen LogP contribution in [0.1, 0.15) is 174 Å². The van der Waals surface area contributed by atoms with E-state index in [2.05, 4.69) is 19.1 Å². The monoisotopic (exact) mass is 444 g/mol. The van der Waals surface area contributed by atoms with Crippen molar-refractivity contribution in [3.05, 3.63) is 0 Å². The fourth-order valence-corrected chi connectivity index (χ4v) is 4.65. The smallest absolute Gasteiger partial charge is 0.133 e. The molecule has 0 N–H and O–H groups in total. The van der Waals surface area contributed by atoms with Crippen LogP contribution in [0.25, 0.3) is 0 Å². The van der Waals surface area contributed by atoms with Crippen molar-refractivity contribution in [2.24, 2.45) is 5.92 Å². The van der Waals surface area contributed by atoms with Gasteiger partial charge < -0.3 is 0 Å². The van der Waals surface area contributed by atoms with Crippen LogP contribution >= 0.6 is 0 Å². The van der Waals surface area contributed by atoms with E-state index >= 15 is 0 Å². The van der Waals surface area contributed by atoms with E-state index in [-0.39, 0.29) is 5.92 Å². The molecule has 0 amide bonds. The molecule has 0 atom stereocenters. The summed E-state index contributed by atoms with van der Waals surface area (Å²) in [7, 11) is 0. The molecule has 0 bridgehead atoms. The Hall–Kier alpha value is -1.02. The van der Waals surface area contributed by atoms with Crippen molar-refractivity contribution in [2.45, 2.75) is 174 Å². The van der Waals surface area contributed by atoms with Gasteiger partial charge in [-0.25, -0.2) is 0 Å². The summed E-state index contributed by atoms with van der Waals surface area (Å²) in [5.74, 6) is -0.389. The molecule has 0 aliphatic carbocycles. The lowest BCUT2D eigenvalue weighted by Gasteiger charge is -2.04. The van der Waals surface area contributed by atoms with E-state index in [0.717, 1.165) is 12.8 Å². The number of hydrogen-bond acceptors (Lipinski definition) is 2. The first-order valence-electron chi connectivity index (χ1n) is 14.6. The standard InChI is InChI=1S/C30H56N2/c1-2-3-4-5-6-7-8-9-10-11-12-13-14-15-16-17-18-19-20-21-22-23-24-25-26-27-30(28-31)29-32/h30H,2-27H2,1H3. The second kappa shape index (κ2) is 28.0. The molecule has 0 aromatic rings. The summed E-state index contributed by atoms with van der Waals surface area (Å²) in [6.45, 7) is 2.30. The average molecular weight is 445 g/mol. The highest BCUT2D eigenvalue weighted by atomic mass is 14.3. The summed E-state index contributed by atoms with van der Waals surface area (Å²) in [6.07, 6.45) is 35.8. The highest BCUT2D eigenvalue weighted by Crippen LogP contribution is 2.16. The first-order valence-corrected chi connectivity index (χ1v) is 14.6. The Morgan fingerprint density at radius 1 is 0.375 bits per heavy atom. The van der Waals surface area contributed by atoms with Gasteiger partial charge in [0.05, 0.1) is 12.1 Å². The lowest BCUT2D eigenvalue weighted by molar-refractivity contribution is 0.514. The maximum absolute atomic E-state index is 8.74. The van der Waals surface area contributed by atoms with Gasteiger partial charge in [0, 0.05) is 0 Å². The second-order valence-corrected chi connectivity index (χ2v) is 10.1. The van der Waals surface area contributed by atoms with Gasteiger partial charge in [0.15, 0.2) is 0 Å². The molecule has 0 aliphatic rings. The molecule has 0 radical (unpaired) electrons. The molecule has 0 aliphatic heterocycles. The molecular formula is C30H56N2. The third kappa shape index (κ3) is 25.2. The van der Waals surface area contributed by atoms with Crippen LogP contribution in [0.15, 0.2) is 0 Å². The normalized spacial score (nSPS) is 11.0. The molecule has 0 rings (SSSR count). The zero-order chi connectivity index (χ0) is 23.4. The number of nitrogens with zero attached hydrogens (tertiary/aromatic N) is 2. The van der Waals surface area contributed by atoms with E-state index in [1.807, 2.05) is 0 Å². The van der Waals surface area contributed by atoms with Gasteiger partial charge in [0.25, 0.3) is 0 Å². The quantitative estimate of drug-likeness (QED) is 0.124. The molecule has 0 saturated heterocycles. The summed E-state index contributed by atoms with van der Waals surface area (Å²) in [5.41, 5.74) is 0. The van der Waals surface area contributed by atoms with E-state index in [4.69, 9.17) is 10.5 Å². The molecule has 0 heterocycles. The van der Waals surface area contributed by atoms with Crippen LogP contribution in [0.5, 0.6) is 0 Å². The molecule has 0 unspecified atom stereocenters. The van der Waals surface area contributed by atoms with E-state index < -0.39 is 0 Å². The third-order valence-corrected chi connectivity index (χ3v) is 6.91. The fourth-order valence-electron chi connectivity index (χ4n) is 4.65. The molecule has 32 heavy (non-hydrogen) atoms. The molecule has 0 spiro atoms. The third-order valence-electron chi connectivity index (χ3n) is 6.91. The molecule has 0 saturated carbocycles. The van der Waals surface area contributed by atoms with Gasteiger partial charge in [0.1, 0.15) is 5.92 Å². The number of hydrogen-bond donors (Lipinski definition) is 0. The first kappa shape index (κ1) is 31.0. The van der Waals surface area contributed by atoms with Crippen molar-refractivity contribution in [3.8, 4) is 12.1 Å². The van der Waals surface area contributed by atoms with Crippen molar-refractivity contribution in [1.82, 2.24) is 0 Å². The van der Waals surface area contributed by atoms with Crippen molar-refractivity contribution in [2.75, 3.05) is 0 Å². The van der Waals surface area contributed by atoms with Gasteiger partial charge in [0.2, 0.25) is 0 Å². The minimum atomic E-state index is -0.389. The van der Waals surface area contributed by atoms with Crippen molar-refractivity contribution in [3.63, 3.8) is 0 Å². The molecular weight excluding hydrogens is 388 g/mol. The Kier molecular flexibility index (Phi) is 27.1. The van der Waals surface area contributed by atoms with Crippen molar-refractivity contribution < 1.29 is 0 Å². The van der Waals surface area contributed by atoms with E-state index in [1.165, 1.54) is 154 Å². The Morgan fingerprint density at radius 2 is 0.594 bits per heavy atom. The van der Waals surface area contributed by atoms with E-state index in [1.54, 1.807) is 0 Å². The van der Waals surface area contributed by atoms with Gasteiger partial charge in [-0.2, -0.15) is 10.5 Å². The largest absolute Gasteiger partial charge is 0.197 e. The van der Waals surface area contributed by atoms with Gasteiger partial charge in [-0.15, -0.1) is 0 Å². The maximum Gasteiger partial charge on any atom is 0.133 e. The van der Waals surface area contributed by atoms with E-state index in [9.17, 15) is 0 Å². The van der Waals surface area contributed by atoms with Gasteiger partial charge in [-0.05, 0) is 6.42 Å². The lowest BCUT2D eigenvalue weighted by Crippen LogP contribution is -1.92.